The Labute approximate surface area is 156 Å². The number of aromatic amines is 1. The summed E-state index contributed by atoms with van der Waals surface area (Å²) >= 11 is 0. The van der Waals surface area contributed by atoms with Gasteiger partial charge in [0.1, 0.15) is 5.82 Å². The molecule has 7 heteroatoms. The van der Waals surface area contributed by atoms with Crippen LogP contribution in [0.15, 0.2) is 18.2 Å². The first-order chi connectivity index (χ1) is 12.2. The maximum atomic E-state index is 6.34. The van der Waals surface area contributed by atoms with Gasteiger partial charge in [-0.3, -0.25) is 0 Å². The molecule has 0 spiro atoms. The number of H-pyrrole nitrogens is 1. The highest BCUT2D eigenvalue weighted by Crippen LogP contribution is 2.48. The Morgan fingerprint density at radius 1 is 1.19 bits per heavy atom. The fraction of sp³-hybridized carbons (Fsp3) is 0.632. The summed E-state index contributed by atoms with van der Waals surface area (Å²) in [5.74, 6) is 1.61. The lowest BCUT2D eigenvalue weighted by Gasteiger charge is -2.32. The average Bonchev–Trinajstić information content (AvgIpc) is 3.29. The van der Waals surface area contributed by atoms with E-state index in [1.54, 1.807) is 0 Å². The summed E-state index contributed by atoms with van der Waals surface area (Å²) in [6, 6.07) is 6.92. The molecular weight excluding hydrogens is 324 g/mol. The molecule has 0 unspecified atom stereocenters. The van der Waals surface area contributed by atoms with Crippen molar-refractivity contribution in [2.24, 2.45) is 5.92 Å². The highest BCUT2D eigenvalue weighted by Gasteiger charge is 2.51. The molecule has 3 heterocycles. The fourth-order valence-corrected chi connectivity index (χ4v) is 4.70. The van der Waals surface area contributed by atoms with Crippen molar-refractivity contribution in [3.8, 4) is 0 Å². The van der Waals surface area contributed by atoms with Crippen molar-refractivity contribution in [2.45, 2.75) is 70.2 Å². The third-order valence-corrected chi connectivity index (χ3v) is 6.96. The van der Waals surface area contributed by atoms with E-state index in [2.05, 4.69) is 44.8 Å². The number of fused-ring (bicyclic) bond motifs is 3. The van der Waals surface area contributed by atoms with Gasteiger partial charge in [0.2, 0.25) is 0 Å². The molecule has 1 saturated carbocycles. The maximum absolute atomic E-state index is 6.34. The van der Waals surface area contributed by atoms with E-state index < -0.39 is 0 Å². The molecule has 0 amide bonds. The monoisotopic (exact) mass is 349 g/mol. The standard InChI is InChI=1S/C19H25B2N3O2/c1-18(2)19(3,4)26-21(25-18)12-6-8-14-15(10-12)23-17(22-14)16-11-5-7-13(9-11)24(16)20/h6,8,10-11,13,16H,5,7,9H2,1-4H3,(H,22,23)/t11-,13+,16-/m0/s1. The van der Waals surface area contributed by atoms with Gasteiger partial charge >= 0.3 is 7.12 Å². The van der Waals surface area contributed by atoms with E-state index in [1.165, 1.54) is 19.3 Å². The molecular formula is C19H25B2N3O2. The lowest BCUT2D eigenvalue weighted by atomic mass is 9.79. The Hall–Kier alpha value is -1.30. The molecule has 3 atom stereocenters. The molecule has 2 aromatic rings. The second-order valence-corrected chi connectivity index (χ2v) is 9.11. The van der Waals surface area contributed by atoms with Gasteiger partial charge in [0.15, 0.2) is 7.98 Å². The molecule has 2 bridgehead atoms. The molecule has 1 aromatic heterocycles. The molecule has 2 aliphatic heterocycles. The second-order valence-electron chi connectivity index (χ2n) is 9.11. The molecule has 1 aliphatic carbocycles. The number of rotatable bonds is 2. The summed E-state index contributed by atoms with van der Waals surface area (Å²) in [6.45, 7) is 8.30. The van der Waals surface area contributed by atoms with Crippen molar-refractivity contribution in [1.82, 2.24) is 14.8 Å². The van der Waals surface area contributed by atoms with Crippen LogP contribution in [-0.2, 0) is 9.31 Å². The Bertz CT molecular complexity index is 848. The van der Waals surface area contributed by atoms with Gasteiger partial charge in [-0.25, -0.2) is 4.98 Å². The van der Waals surface area contributed by atoms with Crippen molar-refractivity contribution >= 4 is 31.6 Å². The van der Waals surface area contributed by atoms with Crippen molar-refractivity contribution in [3.63, 3.8) is 0 Å². The number of benzene rings is 1. The van der Waals surface area contributed by atoms with Crippen molar-refractivity contribution in [1.29, 1.82) is 0 Å². The Balaban J connectivity index is 1.46. The zero-order valence-electron chi connectivity index (χ0n) is 16.0. The molecule has 3 fully saturated rings. The summed E-state index contributed by atoms with van der Waals surface area (Å²) < 4.78 is 12.4. The minimum atomic E-state index is -0.357. The van der Waals surface area contributed by atoms with Crippen LogP contribution in [0.2, 0.25) is 0 Å². The number of nitrogens with one attached hydrogen (secondary N) is 1. The first-order valence-electron chi connectivity index (χ1n) is 9.63. The van der Waals surface area contributed by atoms with E-state index in [0.717, 1.165) is 22.3 Å². The predicted molar refractivity (Wildman–Crippen MR) is 103 cm³/mol. The third kappa shape index (κ3) is 2.33. The van der Waals surface area contributed by atoms with Gasteiger partial charge in [0.25, 0.3) is 0 Å². The minimum Gasteiger partial charge on any atom is -0.399 e. The molecule has 1 N–H and O–H groups in total. The smallest absolute Gasteiger partial charge is 0.399 e. The van der Waals surface area contributed by atoms with Crippen molar-refractivity contribution < 1.29 is 9.31 Å². The minimum absolute atomic E-state index is 0.210. The maximum Gasteiger partial charge on any atom is 0.494 e. The summed E-state index contributed by atoms with van der Waals surface area (Å²) in [6.07, 6.45) is 3.65. The summed E-state index contributed by atoms with van der Waals surface area (Å²) in [4.78, 5) is 10.4. The predicted octanol–water partition coefficient (Wildman–Crippen LogP) is 2.47. The van der Waals surface area contributed by atoms with Crippen molar-refractivity contribution in [3.05, 3.63) is 24.0 Å². The number of imidazole rings is 1. The third-order valence-electron chi connectivity index (χ3n) is 6.96. The lowest BCUT2D eigenvalue weighted by Crippen LogP contribution is -2.41. The molecule has 134 valence electrons. The number of nitrogens with zero attached hydrogens (tertiary/aromatic N) is 2. The van der Waals surface area contributed by atoms with Gasteiger partial charge < -0.3 is 19.1 Å². The van der Waals surface area contributed by atoms with Crippen LogP contribution in [0, 0.1) is 5.92 Å². The van der Waals surface area contributed by atoms with E-state index in [9.17, 15) is 0 Å². The highest BCUT2D eigenvalue weighted by atomic mass is 16.7. The van der Waals surface area contributed by atoms with E-state index in [-0.39, 0.29) is 24.4 Å². The molecule has 5 nitrogen and oxygen atoms in total. The Morgan fingerprint density at radius 3 is 2.58 bits per heavy atom. The van der Waals surface area contributed by atoms with Crippen LogP contribution in [0.5, 0.6) is 0 Å². The van der Waals surface area contributed by atoms with Crippen LogP contribution < -0.4 is 5.46 Å². The topological polar surface area (TPSA) is 50.4 Å². The Morgan fingerprint density at radius 2 is 1.92 bits per heavy atom. The molecule has 26 heavy (non-hydrogen) atoms. The second kappa shape index (κ2) is 5.37. The molecule has 2 saturated heterocycles. The first-order valence-corrected chi connectivity index (χ1v) is 9.63. The van der Waals surface area contributed by atoms with Crippen LogP contribution in [-0.4, -0.2) is 47.1 Å². The van der Waals surface area contributed by atoms with Crippen LogP contribution in [0.4, 0.5) is 0 Å². The number of hydrogen-bond donors (Lipinski definition) is 1. The van der Waals surface area contributed by atoms with Gasteiger partial charge in [-0.1, -0.05) is 6.07 Å². The largest absolute Gasteiger partial charge is 0.494 e. The molecule has 3 aliphatic rings. The molecule has 5 rings (SSSR count). The van der Waals surface area contributed by atoms with Gasteiger partial charge in [-0.2, -0.15) is 0 Å². The van der Waals surface area contributed by atoms with E-state index in [1.807, 2.05) is 10.9 Å². The fourth-order valence-electron chi connectivity index (χ4n) is 4.70. The van der Waals surface area contributed by atoms with E-state index in [0.29, 0.717) is 12.0 Å². The zero-order valence-corrected chi connectivity index (χ0v) is 16.0. The normalized spacial score (nSPS) is 32.8. The zero-order chi connectivity index (χ0) is 18.3. The summed E-state index contributed by atoms with van der Waals surface area (Å²) in [5.41, 5.74) is 2.33. The molecule has 2 radical (unpaired) electrons. The van der Waals surface area contributed by atoms with Crippen molar-refractivity contribution in [2.75, 3.05) is 0 Å². The van der Waals surface area contributed by atoms with Crippen LogP contribution in [0.25, 0.3) is 11.0 Å². The SMILES string of the molecule is [B]N1[C@@H]2CC[C@@H](C2)[C@H]1c1nc2ccc(B3OC(C)(C)C(C)(C)O3)cc2[nH]1. The first kappa shape index (κ1) is 16.8. The lowest BCUT2D eigenvalue weighted by molar-refractivity contribution is 0.00578. The summed E-state index contributed by atoms with van der Waals surface area (Å²) in [7, 11) is 5.98. The van der Waals surface area contributed by atoms with Crippen LogP contribution >= 0.6 is 0 Å². The van der Waals surface area contributed by atoms with Gasteiger partial charge in [0.05, 0.1) is 28.3 Å². The average molecular weight is 349 g/mol. The van der Waals surface area contributed by atoms with E-state index in [4.69, 9.17) is 22.3 Å². The van der Waals surface area contributed by atoms with Gasteiger partial charge in [-0.15, -0.1) is 0 Å². The van der Waals surface area contributed by atoms with Gasteiger partial charge in [-0.05, 0) is 76.5 Å². The number of piperidine rings is 1. The Kier molecular flexibility index (Phi) is 3.48. The quantitative estimate of drug-likeness (QED) is 0.847. The molecule has 1 aromatic carbocycles. The number of hydrogen-bond acceptors (Lipinski definition) is 4. The number of aromatic nitrogens is 2. The van der Waals surface area contributed by atoms with Crippen LogP contribution in [0.1, 0.15) is 58.8 Å². The highest BCUT2D eigenvalue weighted by molar-refractivity contribution is 6.62. The van der Waals surface area contributed by atoms with E-state index >= 15 is 0 Å². The van der Waals surface area contributed by atoms with Crippen LogP contribution in [0.3, 0.4) is 0 Å². The van der Waals surface area contributed by atoms with Gasteiger partial charge in [0, 0.05) is 0 Å². The summed E-state index contributed by atoms with van der Waals surface area (Å²) in [5, 5.41) is 0.